The molecule has 2 aliphatic rings. The number of halogens is 1. The highest BCUT2D eigenvalue weighted by atomic mass is 35.5. The largest absolute Gasteiger partial charge is 0.358 e. The summed E-state index contributed by atoms with van der Waals surface area (Å²) in [6, 6.07) is 4.34. The minimum absolute atomic E-state index is 0.303. The van der Waals surface area contributed by atoms with Gasteiger partial charge in [-0.1, -0.05) is 23.4 Å². The molecule has 5 heteroatoms. The molecule has 17 heavy (non-hydrogen) atoms. The first-order chi connectivity index (χ1) is 8.22. The third-order valence-corrected chi connectivity index (χ3v) is 5.91. The average Bonchev–Trinajstić information content (AvgIpc) is 2.90. The number of rotatable bonds is 3. The zero-order valence-corrected chi connectivity index (χ0v) is 12.0. The zero-order valence-electron chi connectivity index (χ0n) is 9.65. The molecule has 2 atom stereocenters. The number of thiophene rings is 1. The van der Waals surface area contributed by atoms with Crippen molar-refractivity contribution >= 4 is 39.9 Å². The highest BCUT2D eigenvalue weighted by Crippen LogP contribution is 2.41. The molecular formula is C12H15ClN2S2. The van der Waals surface area contributed by atoms with E-state index in [0.717, 1.165) is 27.2 Å². The van der Waals surface area contributed by atoms with Crippen molar-refractivity contribution in [2.45, 2.75) is 31.1 Å². The third kappa shape index (κ3) is 2.80. The number of aliphatic imine (C=N–C) groups is 1. The molecule has 0 bridgehead atoms. The van der Waals surface area contributed by atoms with E-state index in [1.807, 2.05) is 17.8 Å². The predicted molar refractivity (Wildman–Crippen MR) is 77.3 cm³/mol. The standard InChI is InChI=1S/C12H15ClN2S2/c1-7(9-4-5-11(13)16-9)15-12-14-6-10(17-12)8-2-3-8/h4-5,7-8,10H,2-3,6H2,1H3,(H,14,15). The summed E-state index contributed by atoms with van der Waals surface area (Å²) >= 11 is 9.51. The fraction of sp³-hybridized carbons (Fsp3) is 0.583. The number of thioether (sulfide) groups is 1. The van der Waals surface area contributed by atoms with Crippen LogP contribution in [0.15, 0.2) is 17.1 Å². The molecule has 1 aliphatic heterocycles. The maximum atomic E-state index is 5.95. The first kappa shape index (κ1) is 11.9. The van der Waals surface area contributed by atoms with Crippen molar-refractivity contribution in [2.24, 2.45) is 10.9 Å². The van der Waals surface area contributed by atoms with E-state index in [2.05, 4.69) is 23.3 Å². The van der Waals surface area contributed by atoms with Gasteiger partial charge in [0.25, 0.3) is 0 Å². The number of hydrogen-bond donors (Lipinski definition) is 1. The van der Waals surface area contributed by atoms with E-state index in [9.17, 15) is 0 Å². The van der Waals surface area contributed by atoms with Gasteiger partial charge in [-0.3, -0.25) is 4.99 Å². The molecule has 0 aromatic carbocycles. The Kier molecular flexibility index (Phi) is 3.37. The van der Waals surface area contributed by atoms with Crippen molar-refractivity contribution in [2.75, 3.05) is 6.54 Å². The lowest BCUT2D eigenvalue weighted by atomic mass is 10.3. The molecule has 1 aliphatic carbocycles. The van der Waals surface area contributed by atoms with Gasteiger partial charge in [0.2, 0.25) is 0 Å². The van der Waals surface area contributed by atoms with E-state index in [-0.39, 0.29) is 0 Å². The second-order valence-electron chi connectivity index (χ2n) is 4.65. The SMILES string of the molecule is CC(NC1=NCC(C2CC2)S1)c1ccc(Cl)s1. The van der Waals surface area contributed by atoms with Crippen LogP contribution in [0.4, 0.5) is 0 Å². The van der Waals surface area contributed by atoms with Gasteiger partial charge in [-0.2, -0.15) is 0 Å². The molecular weight excluding hydrogens is 272 g/mol. The van der Waals surface area contributed by atoms with Crippen LogP contribution >= 0.6 is 34.7 Å². The Bertz CT molecular complexity index is 439. The molecule has 2 unspecified atom stereocenters. The summed E-state index contributed by atoms with van der Waals surface area (Å²) in [5.74, 6) is 0.925. The van der Waals surface area contributed by atoms with Crippen molar-refractivity contribution in [1.29, 1.82) is 0 Å². The Morgan fingerprint density at radius 2 is 2.29 bits per heavy atom. The monoisotopic (exact) mass is 286 g/mol. The first-order valence-corrected chi connectivity index (χ1v) is 8.02. The predicted octanol–water partition coefficient (Wildman–Crippen LogP) is 3.93. The fourth-order valence-corrected chi connectivity index (χ4v) is 4.36. The fourth-order valence-electron chi connectivity index (χ4n) is 2.00. The summed E-state index contributed by atoms with van der Waals surface area (Å²) in [6.07, 6.45) is 2.80. The number of amidine groups is 1. The van der Waals surface area contributed by atoms with Crippen molar-refractivity contribution in [1.82, 2.24) is 5.32 Å². The summed E-state index contributed by atoms with van der Waals surface area (Å²) < 4.78 is 0.852. The Labute approximate surface area is 115 Å². The molecule has 0 radical (unpaired) electrons. The lowest BCUT2D eigenvalue weighted by Crippen LogP contribution is -2.22. The summed E-state index contributed by atoms with van der Waals surface area (Å²) in [4.78, 5) is 5.86. The van der Waals surface area contributed by atoms with Crippen molar-refractivity contribution in [3.63, 3.8) is 0 Å². The third-order valence-electron chi connectivity index (χ3n) is 3.19. The van der Waals surface area contributed by atoms with Gasteiger partial charge in [-0.15, -0.1) is 11.3 Å². The molecule has 92 valence electrons. The number of hydrogen-bond acceptors (Lipinski definition) is 4. The lowest BCUT2D eigenvalue weighted by molar-refractivity contribution is 0.734. The second-order valence-corrected chi connectivity index (χ2v) is 7.62. The van der Waals surface area contributed by atoms with E-state index in [0.29, 0.717) is 6.04 Å². The van der Waals surface area contributed by atoms with Crippen molar-refractivity contribution in [3.05, 3.63) is 21.3 Å². The molecule has 1 saturated carbocycles. The molecule has 2 nitrogen and oxygen atoms in total. The molecule has 3 rings (SSSR count). The quantitative estimate of drug-likeness (QED) is 0.910. The normalized spacial score (nSPS) is 25.8. The molecule has 1 aromatic heterocycles. The summed E-state index contributed by atoms with van der Waals surface area (Å²) in [5, 5.41) is 5.33. The Morgan fingerprint density at radius 3 is 2.94 bits per heavy atom. The highest BCUT2D eigenvalue weighted by Gasteiger charge is 2.35. The molecule has 2 heterocycles. The summed E-state index contributed by atoms with van der Waals surface area (Å²) in [7, 11) is 0. The first-order valence-electron chi connectivity index (χ1n) is 5.95. The number of nitrogens with zero attached hydrogens (tertiary/aromatic N) is 1. The van der Waals surface area contributed by atoms with Gasteiger partial charge in [-0.05, 0) is 37.8 Å². The van der Waals surface area contributed by atoms with Crippen LogP contribution in [0.3, 0.4) is 0 Å². The molecule has 1 N–H and O–H groups in total. The van der Waals surface area contributed by atoms with E-state index >= 15 is 0 Å². The van der Waals surface area contributed by atoms with E-state index in [4.69, 9.17) is 11.6 Å². The summed E-state index contributed by atoms with van der Waals surface area (Å²) in [5.41, 5.74) is 0. The molecule has 1 fully saturated rings. The van der Waals surface area contributed by atoms with E-state index in [1.165, 1.54) is 17.7 Å². The summed E-state index contributed by atoms with van der Waals surface area (Å²) in [6.45, 7) is 3.16. The Morgan fingerprint density at radius 1 is 1.47 bits per heavy atom. The van der Waals surface area contributed by atoms with Gasteiger partial charge in [0.05, 0.1) is 16.9 Å². The van der Waals surface area contributed by atoms with Gasteiger partial charge >= 0.3 is 0 Å². The Balaban J connectivity index is 1.56. The Hall–Kier alpha value is -0.190. The van der Waals surface area contributed by atoms with Crippen LogP contribution in [-0.2, 0) is 0 Å². The minimum atomic E-state index is 0.303. The van der Waals surface area contributed by atoms with Gasteiger partial charge in [0, 0.05) is 10.1 Å². The molecule has 0 spiro atoms. The molecule has 0 amide bonds. The van der Waals surface area contributed by atoms with Crippen LogP contribution < -0.4 is 5.32 Å². The maximum Gasteiger partial charge on any atom is 0.157 e. The van der Waals surface area contributed by atoms with Crippen molar-refractivity contribution in [3.8, 4) is 0 Å². The molecule has 1 aromatic rings. The average molecular weight is 287 g/mol. The highest BCUT2D eigenvalue weighted by molar-refractivity contribution is 8.14. The van der Waals surface area contributed by atoms with Gasteiger partial charge < -0.3 is 5.32 Å². The van der Waals surface area contributed by atoms with Gasteiger partial charge in [0.15, 0.2) is 5.17 Å². The minimum Gasteiger partial charge on any atom is -0.358 e. The topological polar surface area (TPSA) is 24.4 Å². The van der Waals surface area contributed by atoms with Crippen LogP contribution in [0.2, 0.25) is 4.34 Å². The van der Waals surface area contributed by atoms with Gasteiger partial charge in [0.1, 0.15) is 0 Å². The van der Waals surface area contributed by atoms with Crippen LogP contribution in [0.5, 0.6) is 0 Å². The van der Waals surface area contributed by atoms with Crippen LogP contribution in [0, 0.1) is 5.92 Å². The molecule has 0 saturated heterocycles. The van der Waals surface area contributed by atoms with Crippen LogP contribution in [0.25, 0.3) is 0 Å². The van der Waals surface area contributed by atoms with Crippen LogP contribution in [0.1, 0.15) is 30.7 Å². The van der Waals surface area contributed by atoms with E-state index < -0.39 is 0 Å². The lowest BCUT2D eigenvalue weighted by Gasteiger charge is -2.13. The van der Waals surface area contributed by atoms with Gasteiger partial charge in [-0.25, -0.2) is 0 Å². The van der Waals surface area contributed by atoms with Crippen LogP contribution in [-0.4, -0.2) is 17.0 Å². The smallest absolute Gasteiger partial charge is 0.157 e. The maximum absolute atomic E-state index is 5.95. The van der Waals surface area contributed by atoms with E-state index in [1.54, 1.807) is 11.3 Å². The second kappa shape index (κ2) is 4.82. The zero-order chi connectivity index (χ0) is 11.8. The van der Waals surface area contributed by atoms with Crippen molar-refractivity contribution < 1.29 is 0 Å². The number of nitrogens with one attached hydrogen (secondary N) is 1.